The maximum Gasteiger partial charge on any atom is 0.108 e. The Hall–Kier alpha value is -1.24. The van der Waals surface area contributed by atoms with Crippen molar-refractivity contribution in [3.05, 3.63) is 54.3 Å². The van der Waals surface area contributed by atoms with Crippen LogP contribution in [0.25, 0.3) is 0 Å². The lowest BCUT2D eigenvalue weighted by Crippen LogP contribution is -3.04. The number of rotatable bonds is 13. The lowest BCUT2D eigenvalue weighted by Gasteiger charge is -2.51. The van der Waals surface area contributed by atoms with E-state index in [2.05, 4.69) is 64.4 Å². The summed E-state index contributed by atoms with van der Waals surface area (Å²) in [6, 6.07) is 0.186. The molecule has 5 heteroatoms. The van der Waals surface area contributed by atoms with Crippen molar-refractivity contribution < 1.29 is 15.5 Å². The van der Waals surface area contributed by atoms with Gasteiger partial charge in [-0.2, -0.15) is 0 Å². The largest absolute Gasteiger partial charge is 0.600 e. The topological polar surface area (TPSA) is 80.0 Å². The normalized spacial score (nSPS) is 27.6. The van der Waals surface area contributed by atoms with E-state index in [1.165, 1.54) is 0 Å². The van der Waals surface area contributed by atoms with Crippen molar-refractivity contribution in [1.82, 2.24) is 5.32 Å². The molecule has 0 aromatic heterocycles. The standard InChI is InChI=1S/C25H44N2O3/c1-7-10-13-19(4)22-16-20(9-3)17-23(25(22,5)6)26-24(28)18-21(12-8-2)14-11-15-27(29)30/h7-10,12,19-20,22-24,26-29H,2-3,11,13-18H2,1,4-6H3/b10-7-,21-12+/t19-,20?,22?,23+,24?/m0/s1. The molecule has 0 saturated heterocycles. The summed E-state index contributed by atoms with van der Waals surface area (Å²) >= 11 is 0. The summed E-state index contributed by atoms with van der Waals surface area (Å²) in [5.41, 5.74) is 1.07. The Kier molecular flexibility index (Phi) is 11.8. The maximum absolute atomic E-state index is 10.8. The molecular formula is C25H44N2O3. The Balaban J connectivity index is 2.84. The van der Waals surface area contributed by atoms with Crippen LogP contribution in [0.3, 0.4) is 0 Å². The predicted molar refractivity (Wildman–Crippen MR) is 125 cm³/mol. The highest BCUT2D eigenvalue weighted by Crippen LogP contribution is 2.48. The van der Waals surface area contributed by atoms with Gasteiger partial charge in [0.1, 0.15) is 12.8 Å². The van der Waals surface area contributed by atoms with Crippen LogP contribution in [0.4, 0.5) is 0 Å². The fourth-order valence-electron chi connectivity index (χ4n) is 4.97. The molecule has 6 atom stereocenters. The number of nitrogens with one attached hydrogen (secondary N) is 2. The molecule has 0 bridgehead atoms. The van der Waals surface area contributed by atoms with Gasteiger partial charge in [0.05, 0.1) is 0 Å². The Labute approximate surface area is 183 Å². The summed E-state index contributed by atoms with van der Waals surface area (Å²) in [7, 11) is 0. The Morgan fingerprint density at radius 3 is 2.60 bits per heavy atom. The molecule has 0 aliphatic heterocycles. The molecule has 172 valence electrons. The summed E-state index contributed by atoms with van der Waals surface area (Å²) in [5, 5.41) is 33.2. The number of quaternary nitrogens is 1. The van der Waals surface area contributed by atoms with Crippen molar-refractivity contribution in [2.75, 3.05) is 6.54 Å². The molecule has 0 aromatic carbocycles. The van der Waals surface area contributed by atoms with Crippen LogP contribution in [-0.2, 0) is 0 Å². The highest BCUT2D eigenvalue weighted by molar-refractivity contribution is 5.11. The third-order valence-corrected chi connectivity index (χ3v) is 6.80. The highest BCUT2D eigenvalue weighted by Gasteiger charge is 2.45. The zero-order valence-corrected chi connectivity index (χ0v) is 19.4. The van der Waals surface area contributed by atoms with E-state index in [1.54, 1.807) is 6.08 Å². The van der Waals surface area contributed by atoms with Crippen molar-refractivity contribution in [3.8, 4) is 0 Å². The van der Waals surface area contributed by atoms with Crippen LogP contribution in [0.1, 0.15) is 66.2 Å². The number of aliphatic hydroxyl groups is 1. The van der Waals surface area contributed by atoms with E-state index in [1.807, 2.05) is 6.08 Å². The van der Waals surface area contributed by atoms with Crippen molar-refractivity contribution in [2.24, 2.45) is 23.2 Å². The average Bonchev–Trinajstić information content (AvgIpc) is 2.67. The van der Waals surface area contributed by atoms with Gasteiger partial charge in [-0.05, 0) is 55.8 Å². The third kappa shape index (κ3) is 8.48. The van der Waals surface area contributed by atoms with E-state index in [9.17, 15) is 10.3 Å². The smallest absolute Gasteiger partial charge is 0.108 e. The number of hydroxylamine groups is 2. The molecule has 0 amide bonds. The quantitative estimate of drug-likeness (QED) is 0.156. The molecule has 0 spiro atoms. The molecule has 0 aromatic rings. The summed E-state index contributed by atoms with van der Waals surface area (Å²) in [6.45, 7) is 17.0. The van der Waals surface area contributed by atoms with Crippen molar-refractivity contribution in [3.63, 3.8) is 0 Å². The van der Waals surface area contributed by atoms with E-state index in [0.717, 1.165) is 24.8 Å². The molecule has 4 N–H and O–H groups in total. The second-order valence-electron chi connectivity index (χ2n) is 9.42. The predicted octanol–water partition coefficient (Wildman–Crippen LogP) is 4.16. The lowest BCUT2D eigenvalue weighted by molar-refractivity contribution is -1.05. The van der Waals surface area contributed by atoms with Crippen LogP contribution in [-0.4, -0.2) is 29.1 Å². The number of aliphatic hydroxyl groups excluding tert-OH is 1. The molecule has 1 fully saturated rings. The van der Waals surface area contributed by atoms with Gasteiger partial charge < -0.3 is 10.3 Å². The van der Waals surface area contributed by atoms with Gasteiger partial charge in [-0.3, -0.25) is 5.32 Å². The fourth-order valence-corrected chi connectivity index (χ4v) is 4.97. The first-order valence-corrected chi connectivity index (χ1v) is 11.4. The maximum atomic E-state index is 10.8. The van der Waals surface area contributed by atoms with Gasteiger partial charge in [0, 0.05) is 18.9 Å². The summed E-state index contributed by atoms with van der Waals surface area (Å²) in [4.78, 5) is 0. The first-order chi connectivity index (χ1) is 14.1. The van der Waals surface area contributed by atoms with Gasteiger partial charge in [0.2, 0.25) is 0 Å². The average molecular weight is 421 g/mol. The van der Waals surface area contributed by atoms with Crippen LogP contribution in [0, 0.1) is 28.4 Å². The summed E-state index contributed by atoms with van der Waals surface area (Å²) < 4.78 is 0. The zero-order chi connectivity index (χ0) is 22.7. The Morgan fingerprint density at radius 1 is 1.33 bits per heavy atom. The second-order valence-corrected chi connectivity index (χ2v) is 9.42. The highest BCUT2D eigenvalue weighted by atomic mass is 16.8. The van der Waals surface area contributed by atoms with Crippen LogP contribution in [0.5, 0.6) is 0 Å². The number of allylic oxidation sites excluding steroid dienone is 5. The fraction of sp³-hybridized carbons (Fsp3) is 0.680. The Morgan fingerprint density at radius 2 is 2.03 bits per heavy atom. The van der Waals surface area contributed by atoms with Gasteiger partial charge in [-0.25, -0.2) is 10.4 Å². The second kappa shape index (κ2) is 13.2. The lowest BCUT2D eigenvalue weighted by atomic mass is 9.58. The van der Waals surface area contributed by atoms with Crippen molar-refractivity contribution in [1.29, 1.82) is 0 Å². The van der Waals surface area contributed by atoms with Gasteiger partial charge in [0.15, 0.2) is 0 Å². The molecule has 4 unspecified atom stereocenters. The number of hydrogen-bond acceptors (Lipinski definition) is 4. The molecule has 0 heterocycles. The summed E-state index contributed by atoms with van der Waals surface area (Å²) in [6.07, 6.45) is 14.3. The molecule has 30 heavy (non-hydrogen) atoms. The molecule has 1 aliphatic rings. The SMILES string of the molecule is C=C/C=C(\CCC[NH+]([O-])O)CC(O)N[C@@H]1CC(C=C)CC([C@@H](C)C/C=C\C)C1(C)C. The summed E-state index contributed by atoms with van der Waals surface area (Å²) in [5.74, 6) is 1.54. The number of hydrogen-bond donors (Lipinski definition) is 4. The zero-order valence-electron chi connectivity index (χ0n) is 19.4. The molecule has 1 rings (SSSR count). The molecular weight excluding hydrogens is 376 g/mol. The third-order valence-electron chi connectivity index (χ3n) is 6.80. The van der Waals surface area contributed by atoms with Gasteiger partial charge >= 0.3 is 0 Å². The molecule has 1 saturated carbocycles. The van der Waals surface area contributed by atoms with Gasteiger partial charge in [0.25, 0.3) is 0 Å². The first kappa shape index (κ1) is 26.8. The first-order valence-electron chi connectivity index (χ1n) is 11.4. The minimum atomic E-state index is -0.788. The van der Waals surface area contributed by atoms with E-state index in [0.29, 0.717) is 37.0 Å². The van der Waals surface area contributed by atoms with Crippen LogP contribution >= 0.6 is 0 Å². The molecule has 5 nitrogen and oxygen atoms in total. The minimum Gasteiger partial charge on any atom is -0.600 e. The van der Waals surface area contributed by atoms with Crippen LogP contribution in [0.15, 0.2) is 49.1 Å². The van der Waals surface area contributed by atoms with E-state index < -0.39 is 11.5 Å². The van der Waals surface area contributed by atoms with E-state index in [-0.39, 0.29) is 18.0 Å². The van der Waals surface area contributed by atoms with Crippen LogP contribution in [0.2, 0.25) is 0 Å². The minimum absolute atomic E-state index is 0.0487. The van der Waals surface area contributed by atoms with Crippen molar-refractivity contribution >= 4 is 0 Å². The monoisotopic (exact) mass is 420 g/mol. The molecule has 0 radical (unpaired) electrons. The Bertz CT molecular complexity index is 583. The molecule has 1 aliphatic carbocycles. The van der Waals surface area contributed by atoms with E-state index >= 15 is 0 Å². The van der Waals surface area contributed by atoms with Crippen LogP contribution < -0.4 is 10.5 Å². The van der Waals surface area contributed by atoms with E-state index in [4.69, 9.17) is 5.21 Å². The van der Waals surface area contributed by atoms with Crippen molar-refractivity contribution in [2.45, 2.75) is 78.5 Å². The van der Waals surface area contributed by atoms with Gasteiger partial charge in [-0.1, -0.05) is 63.3 Å². The van der Waals surface area contributed by atoms with Gasteiger partial charge in [-0.15, -0.1) is 6.58 Å².